The van der Waals surface area contributed by atoms with Crippen molar-refractivity contribution in [3.05, 3.63) is 0 Å². The number of nitrogens with zero attached hydrogens (tertiary/aromatic N) is 3. The Kier molecular flexibility index (Phi) is 16.2. The van der Waals surface area contributed by atoms with E-state index in [2.05, 4.69) is 84.6 Å². The molecule has 0 aliphatic rings. The van der Waals surface area contributed by atoms with E-state index in [0.29, 0.717) is 0 Å². The molecule has 170 valence electrons. The van der Waals surface area contributed by atoms with Crippen LogP contribution in [0.1, 0.15) is 12.8 Å². The molecule has 1 N–H and O–H groups in total. The lowest BCUT2D eigenvalue weighted by Gasteiger charge is -2.29. The molecule has 0 saturated carbocycles. The maximum atomic E-state index is 10.1. The van der Waals surface area contributed by atoms with Crippen molar-refractivity contribution in [2.75, 3.05) is 84.6 Å². The Morgan fingerprint density at radius 2 is 0.750 bits per heavy atom. The van der Waals surface area contributed by atoms with Crippen molar-refractivity contribution in [1.29, 1.82) is 0 Å². The van der Waals surface area contributed by atoms with Crippen molar-refractivity contribution in [3.8, 4) is 0 Å². The second kappa shape index (κ2) is 13.4. The average Bonchev–Trinajstić information content (AvgIpc) is 2.17. The van der Waals surface area contributed by atoms with Crippen molar-refractivity contribution in [2.24, 2.45) is 0 Å². The Morgan fingerprint density at radius 1 is 0.607 bits per heavy atom. The monoisotopic (exact) mass is 411 g/mol. The number of carbonyl (C=O) groups excluding carboxylic acids is 3. The molecule has 0 aromatic heterocycles. The summed E-state index contributed by atoms with van der Waals surface area (Å²) in [5.41, 5.74) is -2.97. The van der Waals surface area contributed by atoms with Crippen LogP contribution in [0, 0.1) is 0 Å². The van der Waals surface area contributed by atoms with Gasteiger partial charge in [0.25, 0.3) is 0 Å². The summed E-state index contributed by atoms with van der Waals surface area (Å²) in [4.78, 5) is 30.0. The van der Waals surface area contributed by atoms with E-state index in [4.69, 9.17) is 5.11 Å². The van der Waals surface area contributed by atoms with Gasteiger partial charge < -0.3 is 48.3 Å². The zero-order chi connectivity index (χ0) is 24.1. The second-order valence-electron chi connectivity index (χ2n) is 10.5. The molecule has 0 aromatic carbocycles. The number of aliphatic carboxylic acids is 3. The first-order valence-corrected chi connectivity index (χ1v) is 8.48. The van der Waals surface area contributed by atoms with Gasteiger partial charge in [0.15, 0.2) is 0 Å². The smallest absolute Gasteiger partial charge is 0.114 e. The Morgan fingerprint density at radius 3 is 0.821 bits per heavy atom. The molecule has 0 aromatic rings. The highest BCUT2D eigenvalue weighted by Gasteiger charge is 2.29. The lowest BCUT2D eigenvalue weighted by molar-refractivity contribution is -0.849. The molecular weight excluding hydrogens is 370 g/mol. The van der Waals surface area contributed by atoms with E-state index in [1.165, 1.54) is 0 Å². The van der Waals surface area contributed by atoms with Crippen LogP contribution in [0.25, 0.3) is 0 Å². The molecular formula is C18H41N3O7. The molecule has 0 unspecified atom stereocenters. The number of quaternary nitrogens is 3. The molecule has 10 heteroatoms. The van der Waals surface area contributed by atoms with Gasteiger partial charge in [-0.15, -0.1) is 0 Å². The molecule has 10 nitrogen and oxygen atoms in total. The van der Waals surface area contributed by atoms with Gasteiger partial charge in [-0.1, -0.05) is 0 Å². The standard InChI is InChI=1S/C6H8O7.3C4H12N/c7-3(8)1-6(13,5(11)12)2-4(9)10;3*1-5(2,3)4/h13H,1-2H2,(H,7,8)(H,9,10)(H,11,12);3*1-4H3/q;3*+1/p-3. The van der Waals surface area contributed by atoms with Gasteiger partial charge in [-0.25, -0.2) is 0 Å². The van der Waals surface area contributed by atoms with Crippen molar-refractivity contribution in [1.82, 2.24) is 0 Å². The van der Waals surface area contributed by atoms with Gasteiger partial charge in [-0.05, 0) is 0 Å². The summed E-state index contributed by atoms with van der Waals surface area (Å²) < 4.78 is 3.00. The Balaban J connectivity index is -0.000000159. The van der Waals surface area contributed by atoms with Crippen LogP contribution in [0.15, 0.2) is 0 Å². The number of carbonyl (C=O) groups is 3. The summed E-state index contributed by atoms with van der Waals surface area (Å²) in [5, 5.41) is 38.9. The van der Waals surface area contributed by atoms with E-state index in [0.717, 1.165) is 13.4 Å². The van der Waals surface area contributed by atoms with Crippen molar-refractivity contribution < 1.29 is 48.3 Å². The van der Waals surface area contributed by atoms with Crippen molar-refractivity contribution >= 4 is 17.9 Å². The summed E-state index contributed by atoms with van der Waals surface area (Å²) in [6.07, 6.45) is -2.72. The normalized spacial score (nSPS) is 11.5. The lowest BCUT2D eigenvalue weighted by atomic mass is 9.96. The van der Waals surface area contributed by atoms with Gasteiger partial charge in [0.2, 0.25) is 0 Å². The third kappa shape index (κ3) is 64.6. The lowest BCUT2D eigenvalue weighted by Crippen LogP contribution is -2.54. The molecule has 0 bridgehead atoms. The van der Waals surface area contributed by atoms with E-state index in [-0.39, 0.29) is 0 Å². The number of hydrogen-bond acceptors (Lipinski definition) is 7. The van der Waals surface area contributed by atoms with Gasteiger partial charge in [-0.2, -0.15) is 0 Å². The van der Waals surface area contributed by atoms with E-state index in [9.17, 15) is 29.7 Å². The minimum atomic E-state index is -2.97. The summed E-state index contributed by atoms with van der Waals surface area (Å²) in [5.74, 6) is -5.98. The highest BCUT2D eigenvalue weighted by molar-refractivity contribution is 5.86. The first kappa shape index (κ1) is 33.8. The van der Waals surface area contributed by atoms with Crippen LogP contribution in [-0.2, 0) is 14.4 Å². The molecule has 0 radical (unpaired) electrons. The van der Waals surface area contributed by atoms with Crippen LogP contribution < -0.4 is 15.3 Å². The molecule has 0 saturated heterocycles. The fraction of sp³-hybridized carbons (Fsp3) is 0.833. The van der Waals surface area contributed by atoms with E-state index in [1.54, 1.807) is 0 Å². The molecule has 0 atom stereocenters. The predicted octanol–water partition coefficient (Wildman–Crippen LogP) is -4.29. The Hall–Kier alpha value is -1.75. The predicted molar refractivity (Wildman–Crippen MR) is 101 cm³/mol. The number of aliphatic hydroxyl groups is 1. The summed E-state index contributed by atoms with van der Waals surface area (Å²) in [6, 6.07) is 0. The van der Waals surface area contributed by atoms with Crippen LogP contribution in [-0.4, -0.2) is 127 Å². The Bertz CT molecular complexity index is 411. The highest BCUT2D eigenvalue weighted by atomic mass is 16.4. The SMILES string of the molecule is C[N+](C)(C)C.C[N+](C)(C)C.C[N+](C)(C)C.O=C([O-])CC(O)(CC(=O)[O-])C(=O)[O-]. The molecule has 0 heterocycles. The van der Waals surface area contributed by atoms with Crippen LogP contribution in [0.4, 0.5) is 0 Å². The van der Waals surface area contributed by atoms with Gasteiger partial charge in [0.1, 0.15) is 5.60 Å². The Labute approximate surface area is 170 Å². The number of carboxylic acids is 3. The third-order valence-electron chi connectivity index (χ3n) is 1.25. The van der Waals surface area contributed by atoms with E-state index >= 15 is 0 Å². The van der Waals surface area contributed by atoms with Crippen LogP contribution in [0.5, 0.6) is 0 Å². The minimum absolute atomic E-state index is 1.00. The first-order valence-electron chi connectivity index (χ1n) is 8.48. The fourth-order valence-corrected chi connectivity index (χ4v) is 0.684. The third-order valence-corrected chi connectivity index (χ3v) is 1.25. The molecule has 0 fully saturated rings. The molecule has 0 aliphatic carbocycles. The number of rotatable bonds is 5. The number of carboxylic acid groups (broad SMARTS) is 3. The fourth-order valence-electron chi connectivity index (χ4n) is 0.684. The van der Waals surface area contributed by atoms with Crippen LogP contribution >= 0.6 is 0 Å². The minimum Gasteiger partial charge on any atom is -0.550 e. The summed E-state index contributed by atoms with van der Waals surface area (Å²) in [7, 11) is 25.5. The van der Waals surface area contributed by atoms with Gasteiger partial charge in [-0.3, -0.25) is 0 Å². The number of hydrogen-bond donors (Lipinski definition) is 1. The highest BCUT2D eigenvalue weighted by Crippen LogP contribution is 2.13. The van der Waals surface area contributed by atoms with Gasteiger partial charge in [0, 0.05) is 24.8 Å². The zero-order valence-corrected chi connectivity index (χ0v) is 19.7. The van der Waals surface area contributed by atoms with Gasteiger partial charge >= 0.3 is 0 Å². The maximum absolute atomic E-state index is 10.1. The second-order valence-corrected chi connectivity index (χ2v) is 10.5. The van der Waals surface area contributed by atoms with Crippen LogP contribution in [0.3, 0.4) is 0 Å². The van der Waals surface area contributed by atoms with Crippen molar-refractivity contribution in [3.63, 3.8) is 0 Å². The van der Waals surface area contributed by atoms with Gasteiger partial charge in [0.05, 0.1) is 90.5 Å². The topological polar surface area (TPSA) is 141 Å². The van der Waals surface area contributed by atoms with Crippen molar-refractivity contribution in [2.45, 2.75) is 18.4 Å². The quantitative estimate of drug-likeness (QED) is 0.451. The zero-order valence-electron chi connectivity index (χ0n) is 19.7. The van der Waals surface area contributed by atoms with E-state index in [1.807, 2.05) is 0 Å². The molecule has 0 spiro atoms. The molecule has 0 amide bonds. The summed E-state index contributed by atoms with van der Waals surface area (Å²) in [6.45, 7) is 0. The van der Waals surface area contributed by atoms with Crippen LogP contribution in [0.2, 0.25) is 0 Å². The first-order chi connectivity index (χ1) is 11.8. The maximum Gasteiger partial charge on any atom is 0.114 e. The summed E-state index contributed by atoms with van der Waals surface area (Å²) >= 11 is 0. The molecule has 28 heavy (non-hydrogen) atoms. The molecule has 0 aliphatic heterocycles. The largest absolute Gasteiger partial charge is 0.550 e. The van der Waals surface area contributed by atoms with E-state index < -0.39 is 36.4 Å². The average molecular weight is 412 g/mol. The molecule has 0 rings (SSSR count).